The molecule has 0 spiro atoms. The first-order valence-electron chi connectivity index (χ1n) is 33.2. The summed E-state index contributed by atoms with van der Waals surface area (Å²) in [6, 6.07) is 0. The summed E-state index contributed by atoms with van der Waals surface area (Å²) in [5.41, 5.74) is 0. The molecule has 0 aliphatic heterocycles. The number of carbonyl (C=O) groups is 2. The molecule has 0 heterocycles. The van der Waals surface area contributed by atoms with Gasteiger partial charge in [0.1, 0.15) is 6.61 Å². The Balaban J connectivity index is 3.32. The molecule has 0 aromatic heterocycles. The van der Waals surface area contributed by atoms with E-state index in [0.717, 1.165) is 32.1 Å². The average Bonchev–Trinajstić information content (AvgIpc) is 3.38. The van der Waals surface area contributed by atoms with Crippen LogP contribution in [0.1, 0.15) is 386 Å². The van der Waals surface area contributed by atoms with E-state index in [1.54, 1.807) is 0 Å². The van der Waals surface area contributed by atoms with E-state index in [4.69, 9.17) is 9.47 Å². The van der Waals surface area contributed by atoms with Crippen LogP contribution in [0.5, 0.6) is 0 Å². The summed E-state index contributed by atoms with van der Waals surface area (Å²) < 4.78 is 10.7. The Labute approximate surface area is 451 Å². The second-order valence-electron chi connectivity index (χ2n) is 22.9. The minimum absolute atomic E-state index is 0.0604. The van der Waals surface area contributed by atoms with Crippen LogP contribution < -0.4 is 0 Å². The maximum absolute atomic E-state index is 12.3. The van der Waals surface area contributed by atoms with Gasteiger partial charge >= 0.3 is 11.9 Å². The van der Waals surface area contributed by atoms with Gasteiger partial charge in [-0.1, -0.05) is 347 Å². The molecule has 0 fully saturated rings. The van der Waals surface area contributed by atoms with E-state index in [1.807, 2.05) is 0 Å². The predicted molar refractivity (Wildman–Crippen MR) is 316 cm³/mol. The number of allylic oxidation sites excluding steroid dienone is 2. The number of esters is 2. The van der Waals surface area contributed by atoms with Crippen LogP contribution in [0.15, 0.2) is 12.2 Å². The van der Waals surface area contributed by atoms with Crippen molar-refractivity contribution < 1.29 is 24.2 Å². The van der Waals surface area contributed by atoms with Crippen molar-refractivity contribution in [3.8, 4) is 0 Å². The number of hydrogen-bond acceptors (Lipinski definition) is 5. The van der Waals surface area contributed by atoms with Gasteiger partial charge in [-0.05, 0) is 38.5 Å². The molecule has 1 N–H and O–H groups in total. The van der Waals surface area contributed by atoms with Gasteiger partial charge in [-0.3, -0.25) is 9.59 Å². The lowest BCUT2D eigenvalue weighted by Crippen LogP contribution is -2.28. The summed E-state index contributed by atoms with van der Waals surface area (Å²) in [5, 5.41) is 9.65. The van der Waals surface area contributed by atoms with Crippen LogP contribution in [-0.4, -0.2) is 36.4 Å². The third kappa shape index (κ3) is 61.2. The average molecular weight is 1020 g/mol. The Morgan fingerprint density at radius 3 is 0.750 bits per heavy atom. The van der Waals surface area contributed by atoms with Crippen molar-refractivity contribution >= 4 is 11.9 Å². The predicted octanol–water partition coefficient (Wildman–Crippen LogP) is 22.7. The number of aliphatic hydroxyl groups excluding tert-OH is 1. The fraction of sp³-hybridized carbons (Fsp3) is 0.940. The SMILES string of the molecule is CCCCCCCC/C=C\CCCCCCCCCC(=O)OC(CO)COC(=O)CCCCCCCCCCCCCCCCCCCCCCCCCCCCCCCCCCCCCCCCCCC. The molecular weight excluding hydrogens is 885 g/mol. The minimum atomic E-state index is -0.770. The third-order valence-electron chi connectivity index (χ3n) is 15.6. The fourth-order valence-electron chi connectivity index (χ4n) is 10.6. The van der Waals surface area contributed by atoms with Gasteiger partial charge in [0.15, 0.2) is 6.10 Å². The Kier molecular flexibility index (Phi) is 62.7. The standard InChI is InChI=1S/C67H130O5/c1-3-5-7-9-11-13-15-17-19-21-22-23-24-25-26-27-28-29-30-31-32-33-34-35-36-37-38-39-40-41-42-43-44-46-47-49-51-53-55-57-59-61-66(69)71-64-65(63-68)72-67(70)62-60-58-56-54-52-50-48-45-20-18-16-14-12-10-8-6-4-2/h18,20,65,68H,3-17,19,21-64H2,1-2H3/b20-18-. The molecule has 1 unspecified atom stereocenters. The molecule has 428 valence electrons. The number of hydrogen-bond donors (Lipinski definition) is 1. The molecule has 0 rings (SSSR count). The van der Waals surface area contributed by atoms with Gasteiger partial charge < -0.3 is 14.6 Å². The second kappa shape index (κ2) is 63.9. The summed E-state index contributed by atoms with van der Waals surface area (Å²) in [6.07, 6.45) is 81.2. The highest BCUT2D eigenvalue weighted by Crippen LogP contribution is 2.19. The molecule has 0 amide bonds. The lowest BCUT2D eigenvalue weighted by Gasteiger charge is -2.15. The van der Waals surface area contributed by atoms with Crippen LogP contribution in [0.2, 0.25) is 0 Å². The zero-order chi connectivity index (χ0) is 52.0. The maximum Gasteiger partial charge on any atom is 0.306 e. The highest BCUT2D eigenvalue weighted by molar-refractivity contribution is 5.70. The van der Waals surface area contributed by atoms with Crippen molar-refractivity contribution in [2.24, 2.45) is 0 Å². The molecule has 0 aromatic rings. The van der Waals surface area contributed by atoms with Gasteiger partial charge in [-0.15, -0.1) is 0 Å². The summed E-state index contributed by atoms with van der Waals surface area (Å²) in [4.78, 5) is 24.5. The molecule has 0 saturated carbocycles. The quantitative estimate of drug-likeness (QED) is 0.0373. The van der Waals surface area contributed by atoms with Crippen molar-refractivity contribution in [2.75, 3.05) is 13.2 Å². The lowest BCUT2D eigenvalue weighted by atomic mass is 10.0. The number of aliphatic hydroxyl groups is 1. The van der Waals surface area contributed by atoms with Crippen LogP contribution in [-0.2, 0) is 19.1 Å². The molecule has 5 nitrogen and oxygen atoms in total. The van der Waals surface area contributed by atoms with E-state index in [-0.39, 0.29) is 25.2 Å². The highest BCUT2D eigenvalue weighted by atomic mass is 16.6. The van der Waals surface area contributed by atoms with E-state index < -0.39 is 6.10 Å². The lowest BCUT2D eigenvalue weighted by molar-refractivity contribution is -0.161. The summed E-state index contributed by atoms with van der Waals surface area (Å²) in [6.45, 7) is 4.19. The van der Waals surface area contributed by atoms with Gasteiger partial charge in [0.2, 0.25) is 0 Å². The molecule has 72 heavy (non-hydrogen) atoms. The first-order valence-corrected chi connectivity index (χ1v) is 33.2. The highest BCUT2D eigenvalue weighted by Gasteiger charge is 2.16. The molecule has 0 aromatic carbocycles. The molecular formula is C67H130O5. The van der Waals surface area contributed by atoms with Crippen LogP contribution >= 0.6 is 0 Å². The van der Waals surface area contributed by atoms with E-state index in [1.165, 1.54) is 327 Å². The van der Waals surface area contributed by atoms with Gasteiger partial charge in [-0.25, -0.2) is 0 Å². The number of carbonyl (C=O) groups excluding carboxylic acids is 2. The molecule has 0 bridgehead atoms. The Hall–Kier alpha value is -1.36. The normalized spacial score (nSPS) is 12.1. The Morgan fingerprint density at radius 1 is 0.306 bits per heavy atom. The van der Waals surface area contributed by atoms with Gasteiger partial charge in [0.25, 0.3) is 0 Å². The third-order valence-corrected chi connectivity index (χ3v) is 15.6. The smallest absolute Gasteiger partial charge is 0.306 e. The van der Waals surface area contributed by atoms with Crippen molar-refractivity contribution in [1.82, 2.24) is 0 Å². The molecule has 5 heteroatoms. The van der Waals surface area contributed by atoms with E-state index in [2.05, 4.69) is 26.0 Å². The van der Waals surface area contributed by atoms with E-state index >= 15 is 0 Å². The minimum Gasteiger partial charge on any atom is -0.462 e. The first kappa shape index (κ1) is 70.6. The topological polar surface area (TPSA) is 72.8 Å². The van der Waals surface area contributed by atoms with Gasteiger partial charge in [-0.2, -0.15) is 0 Å². The second-order valence-corrected chi connectivity index (χ2v) is 22.9. The van der Waals surface area contributed by atoms with Gasteiger partial charge in [0.05, 0.1) is 6.61 Å². The summed E-state index contributed by atoms with van der Waals surface area (Å²) >= 11 is 0. The van der Waals surface area contributed by atoms with Crippen LogP contribution in [0.3, 0.4) is 0 Å². The van der Waals surface area contributed by atoms with E-state index in [0.29, 0.717) is 12.8 Å². The zero-order valence-electron chi connectivity index (χ0n) is 49.2. The fourth-order valence-corrected chi connectivity index (χ4v) is 10.6. The van der Waals surface area contributed by atoms with Crippen LogP contribution in [0.25, 0.3) is 0 Å². The van der Waals surface area contributed by atoms with Crippen molar-refractivity contribution in [2.45, 2.75) is 392 Å². The Morgan fingerprint density at radius 2 is 0.514 bits per heavy atom. The van der Waals surface area contributed by atoms with Crippen LogP contribution in [0.4, 0.5) is 0 Å². The van der Waals surface area contributed by atoms with Crippen molar-refractivity contribution in [3.05, 3.63) is 12.2 Å². The number of unbranched alkanes of at least 4 members (excludes halogenated alkanes) is 53. The summed E-state index contributed by atoms with van der Waals surface area (Å²) in [7, 11) is 0. The molecule has 0 aliphatic rings. The number of ether oxygens (including phenoxy) is 2. The summed E-state index contributed by atoms with van der Waals surface area (Å²) in [5.74, 6) is -0.574. The largest absolute Gasteiger partial charge is 0.462 e. The van der Waals surface area contributed by atoms with Gasteiger partial charge in [0, 0.05) is 12.8 Å². The van der Waals surface area contributed by atoms with Crippen molar-refractivity contribution in [3.63, 3.8) is 0 Å². The van der Waals surface area contributed by atoms with Crippen LogP contribution in [0, 0.1) is 0 Å². The first-order chi connectivity index (χ1) is 35.6. The Bertz CT molecular complexity index is 1060. The molecule has 0 radical (unpaired) electrons. The van der Waals surface area contributed by atoms with Crippen molar-refractivity contribution in [1.29, 1.82) is 0 Å². The number of rotatable bonds is 63. The van der Waals surface area contributed by atoms with E-state index in [9.17, 15) is 14.7 Å². The molecule has 0 saturated heterocycles. The maximum atomic E-state index is 12.3. The molecule has 1 atom stereocenters. The molecule has 0 aliphatic carbocycles. The monoisotopic (exact) mass is 1010 g/mol. The zero-order valence-corrected chi connectivity index (χ0v) is 49.2.